The van der Waals surface area contributed by atoms with Crippen LogP contribution in [0.3, 0.4) is 0 Å². The Kier molecular flexibility index (Phi) is 7.01. The molecule has 102 valence electrons. The highest BCUT2D eigenvalue weighted by molar-refractivity contribution is 9.09. The minimum Gasteiger partial charge on any atom is -0.478 e. The summed E-state index contributed by atoms with van der Waals surface area (Å²) >= 11 is 3.44. The molecule has 4 nitrogen and oxygen atoms in total. The van der Waals surface area contributed by atoms with E-state index in [1.807, 2.05) is 27.0 Å². The molecule has 0 saturated carbocycles. The van der Waals surface area contributed by atoms with Crippen molar-refractivity contribution in [3.8, 4) is 5.88 Å². The number of nitrogens with zero attached hydrogens (tertiary/aromatic N) is 3. The van der Waals surface area contributed by atoms with Crippen molar-refractivity contribution in [2.24, 2.45) is 0 Å². The number of unbranched alkanes of at least 4 members (excludes halogenated alkanes) is 2. The molecule has 0 radical (unpaired) electrons. The van der Waals surface area contributed by atoms with Gasteiger partial charge < -0.3 is 9.64 Å². The molecule has 0 spiro atoms. The van der Waals surface area contributed by atoms with Crippen LogP contribution in [0.5, 0.6) is 5.88 Å². The number of hydrogen-bond donors (Lipinski definition) is 0. The van der Waals surface area contributed by atoms with Crippen LogP contribution in [-0.4, -0.2) is 35.5 Å². The Balaban J connectivity index is 2.58. The van der Waals surface area contributed by atoms with Gasteiger partial charge in [-0.3, -0.25) is 0 Å². The lowest BCUT2D eigenvalue weighted by atomic mass is 10.2. The third-order valence-electron chi connectivity index (χ3n) is 2.58. The molecule has 0 atom stereocenters. The maximum Gasteiger partial charge on any atom is 0.228 e. The molecular formula is C13H22BrN3O. The van der Waals surface area contributed by atoms with Gasteiger partial charge in [-0.2, -0.15) is 4.98 Å². The van der Waals surface area contributed by atoms with Crippen LogP contribution in [0.15, 0.2) is 6.07 Å². The molecule has 1 rings (SSSR count). The molecule has 18 heavy (non-hydrogen) atoms. The fraction of sp³-hybridized carbons (Fsp3) is 0.692. The predicted molar refractivity (Wildman–Crippen MR) is 78.9 cm³/mol. The Morgan fingerprint density at radius 2 is 2.06 bits per heavy atom. The topological polar surface area (TPSA) is 38.2 Å². The van der Waals surface area contributed by atoms with Gasteiger partial charge in [0.15, 0.2) is 0 Å². The van der Waals surface area contributed by atoms with Crippen molar-refractivity contribution >= 4 is 21.9 Å². The smallest absolute Gasteiger partial charge is 0.228 e. The van der Waals surface area contributed by atoms with Crippen molar-refractivity contribution in [3.63, 3.8) is 0 Å². The molecule has 0 aliphatic heterocycles. The third-order valence-corrected chi connectivity index (χ3v) is 3.14. The van der Waals surface area contributed by atoms with E-state index in [1.165, 1.54) is 12.8 Å². The van der Waals surface area contributed by atoms with Crippen LogP contribution in [0.4, 0.5) is 5.95 Å². The Morgan fingerprint density at radius 1 is 1.28 bits per heavy atom. The molecule has 0 saturated heterocycles. The van der Waals surface area contributed by atoms with Gasteiger partial charge in [-0.15, -0.1) is 0 Å². The molecular weight excluding hydrogens is 294 g/mol. The zero-order valence-electron chi connectivity index (χ0n) is 11.4. The summed E-state index contributed by atoms with van der Waals surface area (Å²) in [5, 5.41) is 1.08. The minimum atomic E-state index is 0.630. The van der Waals surface area contributed by atoms with Crippen LogP contribution < -0.4 is 9.64 Å². The number of anilines is 1. The van der Waals surface area contributed by atoms with Crippen LogP contribution in [0.25, 0.3) is 0 Å². The van der Waals surface area contributed by atoms with Crippen LogP contribution in [0.1, 0.15) is 31.9 Å². The summed E-state index contributed by atoms with van der Waals surface area (Å²) in [5.74, 6) is 1.41. The monoisotopic (exact) mass is 315 g/mol. The van der Waals surface area contributed by atoms with Gasteiger partial charge in [-0.1, -0.05) is 22.4 Å². The van der Waals surface area contributed by atoms with Crippen LogP contribution in [-0.2, 0) is 0 Å². The quantitative estimate of drug-likeness (QED) is 0.545. The van der Waals surface area contributed by atoms with Crippen molar-refractivity contribution in [1.29, 1.82) is 0 Å². The molecule has 1 aromatic rings. The highest BCUT2D eigenvalue weighted by atomic mass is 79.9. The largest absolute Gasteiger partial charge is 0.478 e. The summed E-state index contributed by atoms with van der Waals surface area (Å²) in [6, 6.07) is 1.87. The predicted octanol–water partition coefficient (Wildman–Crippen LogP) is 3.19. The standard InChI is InChI=1S/C13H22BrN3O/c1-4-18-12-10-11(2)15-13(16-12)17(3)9-7-5-6-8-14/h10H,4-9H2,1-3H3. The normalized spacial score (nSPS) is 10.4. The number of rotatable bonds is 8. The Morgan fingerprint density at radius 3 is 2.72 bits per heavy atom. The Bertz CT molecular complexity index is 360. The molecule has 0 fully saturated rings. The van der Waals surface area contributed by atoms with Crippen molar-refractivity contribution in [1.82, 2.24) is 9.97 Å². The Hall–Kier alpha value is -0.840. The molecule has 1 heterocycles. The van der Waals surface area contributed by atoms with Crippen LogP contribution >= 0.6 is 15.9 Å². The zero-order valence-corrected chi connectivity index (χ0v) is 13.0. The highest BCUT2D eigenvalue weighted by Gasteiger charge is 2.07. The zero-order chi connectivity index (χ0) is 13.4. The number of alkyl halides is 1. The summed E-state index contributed by atoms with van der Waals surface area (Å²) in [4.78, 5) is 10.9. The summed E-state index contributed by atoms with van der Waals surface area (Å²) in [7, 11) is 2.03. The fourth-order valence-corrected chi connectivity index (χ4v) is 2.03. The minimum absolute atomic E-state index is 0.630. The SMILES string of the molecule is CCOc1cc(C)nc(N(C)CCCCCBr)n1. The first-order chi connectivity index (χ1) is 8.67. The summed E-state index contributed by atoms with van der Waals surface area (Å²) in [5.41, 5.74) is 0.941. The second kappa shape index (κ2) is 8.29. The van der Waals surface area contributed by atoms with Gasteiger partial charge in [-0.05, 0) is 26.7 Å². The third kappa shape index (κ3) is 5.21. The van der Waals surface area contributed by atoms with E-state index < -0.39 is 0 Å². The van der Waals surface area contributed by atoms with Gasteiger partial charge in [0.25, 0.3) is 0 Å². The average Bonchev–Trinajstić information content (AvgIpc) is 2.34. The molecule has 1 aromatic heterocycles. The first-order valence-corrected chi connectivity index (χ1v) is 7.55. The number of ether oxygens (including phenoxy) is 1. The van der Waals surface area contributed by atoms with E-state index in [4.69, 9.17) is 4.74 Å². The van der Waals surface area contributed by atoms with Crippen molar-refractivity contribution in [2.45, 2.75) is 33.1 Å². The van der Waals surface area contributed by atoms with Crippen LogP contribution in [0.2, 0.25) is 0 Å². The van der Waals surface area contributed by atoms with E-state index in [1.54, 1.807) is 0 Å². The molecule has 0 N–H and O–H groups in total. The van der Waals surface area contributed by atoms with E-state index in [2.05, 4.69) is 30.8 Å². The maximum absolute atomic E-state index is 5.44. The molecule has 0 bridgehead atoms. The van der Waals surface area contributed by atoms with Gasteiger partial charge in [-0.25, -0.2) is 4.98 Å². The first-order valence-electron chi connectivity index (χ1n) is 6.43. The number of halogens is 1. The van der Waals surface area contributed by atoms with Crippen molar-refractivity contribution < 1.29 is 4.74 Å². The van der Waals surface area contributed by atoms with Gasteiger partial charge in [0.2, 0.25) is 11.8 Å². The number of aromatic nitrogens is 2. The lowest BCUT2D eigenvalue weighted by Gasteiger charge is -2.18. The van der Waals surface area contributed by atoms with Crippen molar-refractivity contribution in [2.75, 3.05) is 30.4 Å². The van der Waals surface area contributed by atoms with E-state index in [0.29, 0.717) is 12.5 Å². The van der Waals surface area contributed by atoms with Gasteiger partial charge in [0.1, 0.15) is 0 Å². The molecule has 0 aliphatic carbocycles. The average molecular weight is 316 g/mol. The van der Waals surface area contributed by atoms with Crippen LogP contribution in [0, 0.1) is 6.92 Å². The molecule has 5 heteroatoms. The van der Waals surface area contributed by atoms with E-state index in [-0.39, 0.29) is 0 Å². The molecule has 0 aliphatic rings. The Labute approximate surface area is 118 Å². The lowest BCUT2D eigenvalue weighted by molar-refractivity contribution is 0.326. The van der Waals surface area contributed by atoms with E-state index in [0.717, 1.165) is 29.9 Å². The van der Waals surface area contributed by atoms with Gasteiger partial charge >= 0.3 is 0 Å². The highest BCUT2D eigenvalue weighted by Crippen LogP contribution is 2.15. The number of hydrogen-bond acceptors (Lipinski definition) is 4. The second-order valence-corrected chi connectivity index (χ2v) is 5.04. The molecule has 0 unspecified atom stereocenters. The first kappa shape index (κ1) is 15.2. The van der Waals surface area contributed by atoms with Gasteiger partial charge in [0, 0.05) is 30.7 Å². The van der Waals surface area contributed by atoms with E-state index >= 15 is 0 Å². The van der Waals surface area contributed by atoms with E-state index in [9.17, 15) is 0 Å². The molecule has 0 aromatic carbocycles. The lowest BCUT2D eigenvalue weighted by Crippen LogP contribution is -2.21. The summed E-state index contributed by atoms with van der Waals surface area (Å²) in [6.07, 6.45) is 3.59. The maximum atomic E-state index is 5.44. The number of aryl methyl sites for hydroxylation is 1. The van der Waals surface area contributed by atoms with Gasteiger partial charge in [0.05, 0.1) is 6.61 Å². The summed E-state index contributed by atoms with van der Waals surface area (Å²) < 4.78 is 5.44. The fourth-order valence-electron chi connectivity index (χ4n) is 1.64. The second-order valence-electron chi connectivity index (χ2n) is 4.25. The summed E-state index contributed by atoms with van der Waals surface area (Å²) in [6.45, 7) is 5.53. The van der Waals surface area contributed by atoms with Crippen molar-refractivity contribution in [3.05, 3.63) is 11.8 Å². The molecule has 0 amide bonds.